The molecule has 3 nitrogen and oxygen atoms in total. The van der Waals surface area contributed by atoms with Gasteiger partial charge in [-0.2, -0.15) is 0 Å². The van der Waals surface area contributed by atoms with Crippen LogP contribution in [0.3, 0.4) is 0 Å². The second-order valence-corrected chi connectivity index (χ2v) is 5.25. The standard InChI is InChI=1S/C14H22N2O/c1-9(2)17-13-5-3-10(4-6-13)14(16)11-7-12(15)8-11/h3-6,9,11-12,14H,7-8,15-16H2,1-2H3. The van der Waals surface area contributed by atoms with Gasteiger partial charge < -0.3 is 16.2 Å². The lowest BCUT2D eigenvalue weighted by atomic mass is 9.74. The van der Waals surface area contributed by atoms with E-state index in [0.29, 0.717) is 12.0 Å². The van der Waals surface area contributed by atoms with Crippen molar-refractivity contribution in [3.05, 3.63) is 29.8 Å². The van der Waals surface area contributed by atoms with E-state index in [2.05, 4.69) is 12.1 Å². The van der Waals surface area contributed by atoms with E-state index in [1.807, 2.05) is 26.0 Å². The van der Waals surface area contributed by atoms with Crippen LogP contribution in [0.25, 0.3) is 0 Å². The van der Waals surface area contributed by atoms with Gasteiger partial charge in [-0.15, -0.1) is 0 Å². The average molecular weight is 234 g/mol. The maximum atomic E-state index is 6.22. The minimum atomic E-state index is 0.114. The Morgan fingerprint density at radius 2 is 1.76 bits per heavy atom. The molecule has 0 spiro atoms. The van der Waals surface area contributed by atoms with Gasteiger partial charge in [0.25, 0.3) is 0 Å². The van der Waals surface area contributed by atoms with Gasteiger partial charge in [-0.1, -0.05) is 12.1 Å². The highest BCUT2D eigenvalue weighted by molar-refractivity contribution is 5.29. The van der Waals surface area contributed by atoms with Gasteiger partial charge in [-0.3, -0.25) is 0 Å². The summed E-state index contributed by atoms with van der Waals surface area (Å²) in [5.74, 6) is 1.45. The predicted molar refractivity (Wildman–Crippen MR) is 69.8 cm³/mol. The van der Waals surface area contributed by atoms with E-state index in [1.165, 1.54) is 5.56 Å². The fraction of sp³-hybridized carbons (Fsp3) is 0.571. The molecule has 3 heteroatoms. The zero-order valence-electron chi connectivity index (χ0n) is 10.6. The smallest absolute Gasteiger partial charge is 0.119 e. The minimum absolute atomic E-state index is 0.114. The number of benzene rings is 1. The molecule has 2 rings (SSSR count). The molecule has 4 N–H and O–H groups in total. The largest absolute Gasteiger partial charge is 0.491 e. The van der Waals surface area contributed by atoms with Crippen LogP contribution in [0.4, 0.5) is 0 Å². The molecule has 1 aromatic rings. The van der Waals surface area contributed by atoms with Crippen molar-refractivity contribution in [1.82, 2.24) is 0 Å². The van der Waals surface area contributed by atoms with Crippen LogP contribution < -0.4 is 16.2 Å². The maximum Gasteiger partial charge on any atom is 0.119 e. The fourth-order valence-electron chi connectivity index (χ4n) is 2.31. The highest BCUT2D eigenvalue weighted by Crippen LogP contribution is 2.35. The summed E-state index contributed by atoms with van der Waals surface area (Å²) >= 11 is 0. The Kier molecular flexibility index (Phi) is 3.69. The SMILES string of the molecule is CC(C)Oc1ccc(C(N)C2CC(N)C2)cc1. The van der Waals surface area contributed by atoms with E-state index in [1.54, 1.807) is 0 Å². The lowest BCUT2D eigenvalue weighted by Gasteiger charge is -2.37. The van der Waals surface area contributed by atoms with Crippen LogP contribution in [-0.4, -0.2) is 12.1 Å². The zero-order valence-corrected chi connectivity index (χ0v) is 10.6. The Hall–Kier alpha value is -1.06. The minimum Gasteiger partial charge on any atom is -0.491 e. The molecule has 0 aliphatic heterocycles. The van der Waals surface area contributed by atoms with Crippen molar-refractivity contribution >= 4 is 0 Å². The number of hydrogen-bond acceptors (Lipinski definition) is 3. The molecule has 0 heterocycles. The summed E-state index contributed by atoms with van der Waals surface area (Å²) in [6, 6.07) is 8.58. The summed E-state index contributed by atoms with van der Waals surface area (Å²) in [5.41, 5.74) is 13.2. The molecule has 0 aromatic heterocycles. The first kappa shape index (κ1) is 12.4. The van der Waals surface area contributed by atoms with Gasteiger partial charge in [-0.05, 0) is 50.3 Å². The monoisotopic (exact) mass is 234 g/mol. The van der Waals surface area contributed by atoms with Crippen LogP contribution in [0.2, 0.25) is 0 Å². The van der Waals surface area contributed by atoms with E-state index >= 15 is 0 Å². The first-order valence-electron chi connectivity index (χ1n) is 6.34. The number of rotatable bonds is 4. The quantitative estimate of drug-likeness (QED) is 0.839. The Labute approximate surface area is 103 Å². The van der Waals surface area contributed by atoms with Crippen LogP contribution in [0.15, 0.2) is 24.3 Å². The van der Waals surface area contributed by atoms with Crippen LogP contribution >= 0.6 is 0 Å². The predicted octanol–water partition coefficient (Wildman–Crippen LogP) is 2.21. The molecule has 1 fully saturated rings. The molecule has 0 bridgehead atoms. The molecule has 1 aliphatic carbocycles. The lowest BCUT2D eigenvalue weighted by molar-refractivity contribution is 0.223. The Bertz CT molecular complexity index is 355. The molecule has 1 unspecified atom stereocenters. The van der Waals surface area contributed by atoms with E-state index in [4.69, 9.17) is 16.2 Å². The molecule has 0 saturated heterocycles. The summed E-state index contributed by atoms with van der Waals surface area (Å²) in [7, 11) is 0. The summed E-state index contributed by atoms with van der Waals surface area (Å²) in [6.07, 6.45) is 2.30. The average Bonchev–Trinajstić information content (AvgIpc) is 2.24. The molecular formula is C14H22N2O. The normalized spacial score (nSPS) is 25.5. The molecule has 1 aliphatic rings. The molecule has 17 heavy (non-hydrogen) atoms. The van der Waals surface area contributed by atoms with Gasteiger partial charge in [0, 0.05) is 12.1 Å². The summed E-state index contributed by atoms with van der Waals surface area (Å²) in [6.45, 7) is 4.05. The van der Waals surface area contributed by atoms with Crippen LogP contribution in [0, 0.1) is 5.92 Å². The van der Waals surface area contributed by atoms with E-state index in [-0.39, 0.29) is 12.1 Å². The van der Waals surface area contributed by atoms with Crippen LogP contribution in [0.1, 0.15) is 38.3 Å². The van der Waals surface area contributed by atoms with Gasteiger partial charge in [0.2, 0.25) is 0 Å². The third kappa shape index (κ3) is 2.99. The third-order valence-electron chi connectivity index (χ3n) is 3.36. The van der Waals surface area contributed by atoms with E-state index < -0.39 is 0 Å². The molecule has 1 atom stereocenters. The van der Waals surface area contributed by atoms with Crippen molar-refractivity contribution in [1.29, 1.82) is 0 Å². The highest BCUT2D eigenvalue weighted by atomic mass is 16.5. The van der Waals surface area contributed by atoms with E-state index in [0.717, 1.165) is 18.6 Å². The second kappa shape index (κ2) is 5.07. The first-order chi connectivity index (χ1) is 8.06. The van der Waals surface area contributed by atoms with Crippen molar-refractivity contribution < 1.29 is 4.74 Å². The second-order valence-electron chi connectivity index (χ2n) is 5.25. The summed E-state index contributed by atoms with van der Waals surface area (Å²) in [5, 5.41) is 0. The molecule has 94 valence electrons. The molecule has 0 amide bonds. The number of ether oxygens (including phenoxy) is 1. The number of hydrogen-bond donors (Lipinski definition) is 2. The van der Waals surface area contributed by atoms with Gasteiger partial charge in [0.15, 0.2) is 0 Å². The molecular weight excluding hydrogens is 212 g/mol. The summed E-state index contributed by atoms with van der Waals surface area (Å²) < 4.78 is 5.61. The Morgan fingerprint density at radius 1 is 1.18 bits per heavy atom. The van der Waals surface area contributed by atoms with Crippen LogP contribution in [0.5, 0.6) is 5.75 Å². The van der Waals surface area contributed by atoms with Crippen molar-refractivity contribution in [2.45, 2.75) is 44.9 Å². The zero-order chi connectivity index (χ0) is 12.4. The van der Waals surface area contributed by atoms with Gasteiger partial charge in [0.1, 0.15) is 5.75 Å². The van der Waals surface area contributed by atoms with Crippen molar-refractivity contribution in [3.8, 4) is 5.75 Å². The fourth-order valence-corrected chi connectivity index (χ4v) is 2.31. The lowest BCUT2D eigenvalue weighted by Crippen LogP contribution is -2.41. The first-order valence-corrected chi connectivity index (χ1v) is 6.34. The van der Waals surface area contributed by atoms with Gasteiger partial charge in [0.05, 0.1) is 6.10 Å². The van der Waals surface area contributed by atoms with Crippen molar-refractivity contribution in [2.24, 2.45) is 17.4 Å². The Balaban J connectivity index is 1.97. The summed E-state index contributed by atoms with van der Waals surface area (Å²) in [4.78, 5) is 0. The van der Waals surface area contributed by atoms with Crippen LogP contribution in [-0.2, 0) is 0 Å². The molecule has 1 saturated carbocycles. The highest BCUT2D eigenvalue weighted by Gasteiger charge is 2.31. The molecule has 0 radical (unpaired) electrons. The van der Waals surface area contributed by atoms with Crippen molar-refractivity contribution in [3.63, 3.8) is 0 Å². The van der Waals surface area contributed by atoms with E-state index in [9.17, 15) is 0 Å². The van der Waals surface area contributed by atoms with Crippen molar-refractivity contribution in [2.75, 3.05) is 0 Å². The number of nitrogens with two attached hydrogens (primary N) is 2. The topological polar surface area (TPSA) is 61.3 Å². The molecule has 1 aromatic carbocycles. The third-order valence-corrected chi connectivity index (χ3v) is 3.36. The van der Waals surface area contributed by atoms with Gasteiger partial charge >= 0.3 is 0 Å². The maximum absolute atomic E-state index is 6.22. The Morgan fingerprint density at radius 3 is 2.24 bits per heavy atom. The van der Waals surface area contributed by atoms with Gasteiger partial charge in [-0.25, -0.2) is 0 Å².